The first-order chi connectivity index (χ1) is 9.19. The van der Waals surface area contributed by atoms with Gasteiger partial charge in [0.15, 0.2) is 0 Å². The largest absolute Gasteiger partial charge is 0.324 e. The zero-order valence-corrected chi connectivity index (χ0v) is 12.6. The van der Waals surface area contributed by atoms with Crippen LogP contribution >= 0.6 is 23.2 Å². The van der Waals surface area contributed by atoms with Crippen LogP contribution in [0.5, 0.6) is 0 Å². The quantitative estimate of drug-likeness (QED) is 0.698. The van der Waals surface area contributed by atoms with Crippen LogP contribution in [-0.2, 0) is 5.88 Å². The zero-order chi connectivity index (χ0) is 13.4. The van der Waals surface area contributed by atoms with Crippen molar-refractivity contribution < 1.29 is 0 Å². The molecule has 0 bridgehead atoms. The van der Waals surface area contributed by atoms with E-state index in [0.29, 0.717) is 11.9 Å². The topological polar surface area (TPSA) is 17.8 Å². The summed E-state index contributed by atoms with van der Waals surface area (Å²) in [7, 11) is 0. The van der Waals surface area contributed by atoms with E-state index in [1.54, 1.807) is 0 Å². The Hall–Kier alpha value is -0.730. The molecule has 2 nitrogen and oxygen atoms in total. The molecule has 1 fully saturated rings. The Morgan fingerprint density at radius 1 is 1.26 bits per heavy atom. The van der Waals surface area contributed by atoms with Gasteiger partial charge < -0.3 is 4.57 Å². The first-order valence-corrected chi connectivity index (χ1v) is 7.82. The Labute approximate surface area is 123 Å². The minimum Gasteiger partial charge on any atom is -0.324 e. The third kappa shape index (κ3) is 2.48. The van der Waals surface area contributed by atoms with Gasteiger partial charge in [0.1, 0.15) is 5.82 Å². The first-order valence-electron chi connectivity index (χ1n) is 6.91. The highest BCUT2D eigenvalue weighted by atomic mass is 35.5. The van der Waals surface area contributed by atoms with E-state index >= 15 is 0 Å². The number of alkyl halides is 1. The van der Waals surface area contributed by atoms with Gasteiger partial charge in [0.2, 0.25) is 0 Å². The summed E-state index contributed by atoms with van der Waals surface area (Å²) < 4.78 is 2.34. The Morgan fingerprint density at radius 2 is 2.00 bits per heavy atom. The molecule has 0 spiro atoms. The third-order valence-electron chi connectivity index (χ3n) is 4.19. The molecule has 1 aliphatic rings. The maximum atomic E-state index is 6.07. The fraction of sp³-hybridized carbons (Fsp3) is 0.533. The van der Waals surface area contributed by atoms with Crippen molar-refractivity contribution in [2.24, 2.45) is 5.92 Å². The second-order valence-electron chi connectivity index (χ2n) is 5.58. The summed E-state index contributed by atoms with van der Waals surface area (Å²) in [5.74, 6) is 2.27. The summed E-state index contributed by atoms with van der Waals surface area (Å²) in [6, 6.07) is 6.47. The Balaban J connectivity index is 2.05. The van der Waals surface area contributed by atoms with E-state index in [1.165, 1.54) is 31.2 Å². The van der Waals surface area contributed by atoms with Gasteiger partial charge >= 0.3 is 0 Å². The van der Waals surface area contributed by atoms with E-state index in [4.69, 9.17) is 23.2 Å². The minimum atomic E-state index is 0.457. The summed E-state index contributed by atoms with van der Waals surface area (Å²) in [6.45, 7) is 2.34. The number of hydrogen-bond acceptors (Lipinski definition) is 1. The predicted octanol–water partition coefficient (Wildman–Crippen LogP) is 5.18. The van der Waals surface area contributed by atoms with Crippen LogP contribution in [0.4, 0.5) is 0 Å². The van der Waals surface area contributed by atoms with Crippen molar-refractivity contribution in [1.82, 2.24) is 9.55 Å². The van der Waals surface area contributed by atoms with Crippen LogP contribution in [0, 0.1) is 5.92 Å². The molecule has 4 heteroatoms. The van der Waals surface area contributed by atoms with Crippen LogP contribution in [-0.4, -0.2) is 9.55 Å². The summed E-state index contributed by atoms with van der Waals surface area (Å²) in [6.07, 6.45) is 5.03. The van der Waals surface area contributed by atoms with Crippen molar-refractivity contribution >= 4 is 34.2 Å². The lowest BCUT2D eigenvalue weighted by Crippen LogP contribution is -2.18. The van der Waals surface area contributed by atoms with Gasteiger partial charge in [0, 0.05) is 11.1 Å². The van der Waals surface area contributed by atoms with E-state index < -0.39 is 0 Å². The standard InChI is InChI=1S/C15H18Cl2N2/c1-10-2-5-12(6-3-10)19-14-7-4-11(17)8-13(14)18-15(19)9-16/h4,7-8,10,12H,2-3,5-6,9H2,1H3. The molecule has 102 valence electrons. The number of fused-ring (bicyclic) bond motifs is 1. The number of aromatic nitrogens is 2. The molecule has 0 atom stereocenters. The lowest BCUT2D eigenvalue weighted by molar-refractivity contribution is 0.290. The van der Waals surface area contributed by atoms with Crippen molar-refractivity contribution in [3.05, 3.63) is 29.0 Å². The molecule has 1 aromatic heterocycles. The molecular weight excluding hydrogens is 279 g/mol. The van der Waals surface area contributed by atoms with Gasteiger partial charge in [-0.25, -0.2) is 4.98 Å². The average molecular weight is 297 g/mol. The van der Waals surface area contributed by atoms with Crippen molar-refractivity contribution in [2.75, 3.05) is 0 Å². The Morgan fingerprint density at radius 3 is 2.68 bits per heavy atom. The second kappa shape index (κ2) is 5.34. The number of rotatable bonds is 2. The van der Waals surface area contributed by atoms with E-state index in [1.807, 2.05) is 12.1 Å². The van der Waals surface area contributed by atoms with Gasteiger partial charge in [-0.1, -0.05) is 18.5 Å². The van der Waals surface area contributed by atoms with Crippen LogP contribution in [0.25, 0.3) is 11.0 Å². The summed E-state index contributed by atoms with van der Waals surface area (Å²) in [5, 5.41) is 0.732. The van der Waals surface area contributed by atoms with Crippen molar-refractivity contribution in [2.45, 2.75) is 44.5 Å². The molecule has 1 saturated carbocycles. The summed E-state index contributed by atoms with van der Waals surface area (Å²) >= 11 is 12.1. The van der Waals surface area contributed by atoms with E-state index in [-0.39, 0.29) is 0 Å². The SMILES string of the molecule is CC1CCC(n2c(CCl)nc3cc(Cl)ccc32)CC1. The zero-order valence-electron chi connectivity index (χ0n) is 11.1. The first kappa shape index (κ1) is 13.3. The highest BCUT2D eigenvalue weighted by Gasteiger charge is 2.23. The van der Waals surface area contributed by atoms with Gasteiger partial charge in [0.25, 0.3) is 0 Å². The third-order valence-corrected chi connectivity index (χ3v) is 4.67. The molecule has 2 aromatic rings. The number of benzene rings is 1. The Bertz CT molecular complexity index is 583. The molecule has 3 rings (SSSR count). The van der Waals surface area contributed by atoms with Crippen LogP contribution in [0.2, 0.25) is 5.02 Å². The number of hydrogen-bond donors (Lipinski definition) is 0. The van der Waals surface area contributed by atoms with Crippen LogP contribution in [0.1, 0.15) is 44.5 Å². The molecule has 19 heavy (non-hydrogen) atoms. The molecule has 0 amide bonds. The molecule has 1 heterocycles. The van der Waals surface area contributed by atoms with Crippen molar-refractivity contribution in [3.63, 3.8) is 0 Å². The highest BCUT2D eigenvalue weighted by molar-refractivity contribution is 6.31. The van der Waals surface area contributed by atoms with Gasteiger partial charge in [-0.3, -0.25) is 0 Å². The van der Waals surface area contributed by atoms with Crippen LogP contribution < -0.4 is 0 Å². The van der Waals surface area contributed by atoms with E-state index in [0.717, 1.165) is 22.3 Å². The fourth-order valence-corrected chi connectivity index (χ4v) is 3.48. The van der Waals surface area contributed by atoms with Gasteiger partial charge in [-0.15, -0.1) is 11.6 Å². The monoisotopic (exact) mass is 296 g/mol. The van der Waals surface area contributed by atoms with Crippen LogP contribution in [0.15, 0.2) is 18.2 Å². The van der Waals surface area contributed by atoms with Gasteiger partial charge in [-0.2, -0.15) is 0 Å². The van der Waals surface area contributed by atoms with Gasteiger partial charge in [-0.05, 0) is 49.8 Å². The van der Waals surface area contributed by atoms with Crippen LogP contribution in [0.3, 0.4) is 0 Å². The molecule has 0 radical (unpaired) electrons. The van der Waals surface area contributed by atoms with Gasteiger partial charge in [0.05, 0.1) is 16.9 Å². The van der Waals surface area contributed by atoms with Crippen molar-refractivity contribution in [3.8, 4) is 0 Å². The minimum absolute atomic E-state index is 0.457. The summed E-state index contributed by atoms with van der Waals surface area (Å²) in [4.78, 5) is 4.63. The average Bonchev–Trinajstić information content (AvgIpc) is 2.77. The smallest absolute Gasteiger partial charge is 0.125 e. The Kier molecular flexibility index (Phi) is 3.72. The maximum Gasteiger partial charge on any atom is 0.125 e. The second-order valence-corrected chi connectivity index (χ2v) is 6.28. The number of imidazole rings is 1. The molecule has 1 aliphatic carbocycles. The molecule has 1 aromatic carbocycles. The summed E-state index contributed by atoms with van der Waals surface area (Å²) in [5.41, 5.74) is 2.13. The fourth-order valence-electron chi connectivity index (χ4n) is 3.12. The molecular formula is C15H18Cl2N2. The molecule has 0 saturated heterocycles. The maximum absolute atomic E-state index is 6.07. The molecule has 0 aliphatic heterocycles. The highest BCUT2D eigenvalue weighted by Crippen LogP contribution is 2.35. The predicted molar refractivity (Wildman–Crippen MR) is 81.0 cm³/mol. The lowest BCUT2D eigenvalue weighted by Gasteiger charge is -2.28. The molecule has 0 unspecified atom stereocenters. The lowest BCUT2D eigenvalue weighted by atomic mass is 9.87. The van der Waals surface area contributed by atoms with Crippen molar-refractivity contribution in [1.29, 1.82) is 0 Å². The number of nitrogens with zero attached hydrogens (tertiary/aromatic N) is 2. The normalized spacial score (nSPS) is 23.9. The molecule has 0 N–H and O–H groups in total. The van der Waals surface area contributed by atoms with E-state index in [9.17, 15) is 0 Å². The van der Waals surface area contributed by atoms with E-state index in [2.05, 4.69) is 22.5 Å². The number of halogens is 2.